The molecule has 88 valence electrons. The molecule has 0 bridgehead atoms. The van der Waals surface area contributed by atoms with Crippen LogP contribution in [0.25, 0.3) is 0 Å². The molecule has 0 unspecified atom stereocenters. The van der Waals surface area contributed by atoms with Crippen molar-refractivity contribution in [2.75, 3.05) is 13.1 Å². The van der Waals surface area contributed by atoms with Crippen LogP contribution in [0.5, 0.6) is 5.75 Å². The van der Waals surface area contributed by atoms with Crippen molar-refractivity contribution in [1.82, 2.24) is 4.90 Å². The van der Waals surface area contributed by atoms with Crippen LogP contribution in [0.4, 0.5) is 0 Å². The lowest BCUT2D eigenvalue weighted by Crippen LogP contribution is -2.32. The lowest BCUT2D eigenvalue weighted by atomic mass is 10.1. The number of phenolic OH excluding ortho intramolecular Hbond substituents is 1. The normalized spacial score (nSPS) is 12.7. The number of carboxylic acids is 1. The summed E-state index contributed by atoms with van der Waals surface area (Å²) in [6, 6.07) is 6.89. The molecular weight excluding hydrogens is 206 g/mol. The number of hydrogen-bond acceptors (Lipinski definition) is 3. The van der Waals surface area contributed by atoms with Gasteiger partial charge in [0.05, 0.1) is 6.54 Å². The van der Waals surface area contributed by atoms with Crippen molar-refractivity contribution >= 4 is 5.97 Å². The summed E-state index contributed by atoms with van der Waals surface area (Å²) in [6.45, 7) is 4.51. The van der Waals surface area contributed by atoms with E-state index in [1.54, 1.807) is 18.2 Å². The number of carboxylic acid groups (broad SMARTS) is 1. The first-order valence-electron chi connectivity index (χ1n) is 5.29. The van der Waals surface area contributed by atoms with Crippen molar-refractivity contribution in [3.63, 3.8) is 0 Å². The number of aromatic hydroxyl groups is 1. The van der Waals surface area contributed by atoms with Crippen LogP contribution in [0.15, 0.2) is 24.3 Å². The van der Waals surface area contributed by atoms with Gasteiger partial charge >= 0.3 is 5.97 Å². The van der Waals surface area contributed by atoms with Gasteiger partial charge in [-0.15, -0.1) is 0 Å². The molecule has 1 aromatic rings. The maximum Gasteiger partial charge on any atom is 0.317 e. The van der Waals surface area contributed by atoms with Gasteiger partial charge in [0.1, 0.15) is 5.75 Å². The standard InChI is InChI=1S/C12H17NO3/c1-3-13(8-12(15)16)9(2)10-5-4-6-11(14)7-10/h4-7,9,14H,3,8H2,1-2H3,(H,15,16)/t9-/m1/s1. The van der Waals surface area contributed by atoms with E-state index in [1.807, 2.05) is 24.8 Å². The van der Waals surface area contributed by atoms with Gasteiger partial charge in [-0.05, 0) is 31.2 Å². The third kappa shape index (κ3) is 3.24. The third-order valence-electron chi connectivity index (χ3n) is 2.64. The van der Waals surface area contributed by atoms with Crippen LogP contribution >= 0.6 is 0 Å². The van der Waals surface area contributed by atoms with E-state index in [-0.39, 0.29) is 18.3 Å². The second kappa shape index (κ2) is 5.51. The van der Waals surface area contributed by atoms with Gasteiger partial charge in [0.2, 0.25) is 0 Å². The molecule has 0 amide bonds. The summed E-state index contributed by atoms with van der Waals surface area (Å²) in [6.07, 6.45) is 0. The average Bonchev–Trinajstić information content (AvgIpc) is 2.24. The zero-order valence-corrected chi connectivity index (χ0v) is 9.55. The number of nitrogens with zero attached hydrogens (tertiary/aromatic N) is 1. The highest BCUT2D eigenvalue weighted by Crippen LogP contribution is 2.22. The van der Waals surface area contributed by atoms with Gasteiger partial charge in [0, 0.05) is 6.04 Å². The van der Waals surface area contributed by atoms with Crippen LogP contribution in [0, 0.1) is 0 Å². The fourth-order valence-electron chi connectivity index (χ4n) is 1.69. The van der Waals surface area contributed by atoms with Gasteiger partial charge in [-0.1, -0.05) is 19.1 Å². The first-order chi connectivity index (χ1) is 7.54. The predicted octanol–water partition coefficient (Wildman–Crippen LogP) is 1.86. The highest BCUT2D eigenvalue weighted by Gasteiger charge is 2.16. The number of benzene rings is 1. The molecule has 0 saturated carbocycles. The topological polar surface area (TPSA) is 60.8 Å². The Labute approximate surface area is 95.1 Å². The first-order valence-corrected chi connectivity index (χ1v) is 5.29. The van der Waals surface area contributed by atoms with Crippen LogP contribution < -0.4 is 0 Å². The number of likely N-dealkylation sites (N-methyl/N-ethyl adjacent to an activating group) is 1. The molecule has 0 aliphatic rings. The summed E-state index contributed by atoms with van der Waals surface area (Å²) >= 11 is 0. The minimum absolute atomic E-state index is 0.00726. The molecule has 0 spiro atoms. The number of rotatable bonds is 5. The lowest BCUT2D eigenvalue weighted by molar-refractivity contribution is -0.138. The number of aliphatic carboxylic acids is 1. The van der Waals surface area contributed by atoms with Crippen LogP contribution in [-0.4, -0.2) is 34.2 Å². The highest BCUT2D eigenvalue weighted by atomic mass is 16.4. The minimum atomic E-state index is -0.839. The molecule has 0 fully saturated rings. The van der Waals surface area contributed by atoms with E-state index < -0.39 is 5.97 Å². The van der Waals surface area contributed by atoms with E-state index >= 15 is 0 Å². The first kappa shape index (κ1) is 12.5. The van der Waals surface area contributed by atoms with Crippen molar-refractivity contribution in [3.8, 4) is 5.75 Å². The molecule has 0 aromatic heterocycles. The Morgan fingerprint density at radius 3 is 2.69 bits per heavy atom. The second-order valence-corrected chi connectivity index (χ2v) is 3.73. The summed E-state index contributed by atoms with van der Waals surface area (Å²) in [7, 11) is 0. The van der Waals surface area contributed by atoms with E-state index in [4.69, 9.17) is 5.11 Å². The minimum Gasteiger partial charge on any atom is -0.508 e. The van der Waals surface area contributed by atoms with Crippen LogP contribution in [-0.2, 0) is 4.79 Å². The summed E-state index contributed by atoms with van der Waals surface area (Å²) in [5.74, 6) is -0.635. The zero-order chi connectivity index (χ0) is 12.1. The van der Waals surface area contributed by atoms with E-state index in [9.17, 15) is 9.90 Å². The summed E-state index contributed by atoms with van der Waals surface area (Å²) in [5.41, 5.74) is 0.920. The average molecular weight is 223 g/mol. The summed E-state index contributed by atoms with van der Waals surface area (Å²) < 4.78 is 0. The Hall–Kier alpha value is -1.55. The number of carbonyl (C=O) groups is 1. The molecule has 1 aromatic carbocycles. The van der Waals surface area contributed by atoms with E-state index in [2.05, 4.69) is 0 Å². The van der Waals surface area contributed by atoms with Gasteiger partial charge in [-0.3, -0.25) is 9.69 Å². The third-order valence-corrected chi connectivity index (χ3v) is 2.64. The van der Waals surface area contributed by atoms with Gasteiger partial charge in [0.15, 0.2) is 0 Å². The molecule has 16 heavy (non-hydrogen) atoms. The fraction of sp³-hybridized carbons (Fsp3) is 0.417. The Morgan fingerprint density at radius 1 is 1.50 bits per heavy atom. The molecule has 2 N–H and O–H groups in total. The number of phenols is 1. The van der Waals surface area contributed by atoms with E-state index in [0.29, 0.717) is 6.54 Å². The Morgan fingerprint density at radius 2 is 2.19 bits per heavy atom. The van der Waals surface area contributed by atoms with E-state index in [0.717, 1.165) is 5.56 Å². The molecule has 0 radical (unpaired) electrons. The molecule has 0 aliphatic heterocycles. The predicted molar refractivity (Wildman–Crippen MR) is 61.4 cm³/mol. The largest absolute Gasteiger partial charge is 0.508 e. The Bertz CT molecular complexity index is 365. The Kier molecular flexibility index (Phi) is 4.31. The quantitative estimate of drug-likeness (QED) is 0.799. The second-order valence-electron chi connectivity index (χ2n) is 3.73. The van der Waals surface area contributed by atoms with Gasteiger partial charge < -0.3 is 10.2 Å². The van der Waals surface area contributed by atoms with Gasteiger partial charge in [-0.25, -0.2) is 0 Å². The SMILES string of the molecule is CCN(CC(=O)O)[C@H](C)c1cccc(O)c1. The maximum atomic E-state index is 10.7. The van der Waals surface area contributed by atoms with Crippen molar-refractivity contribution in [2.24, 2.45) is 0 Å². The highest BCUT2D eigenvalue weighted by molar-refractivity contribution is 5.69. The van der Waals surface area contributed by atoms with Crippen LogP contribution in [0.2, 0.25) is 0 Å². The molecule has 1 rings (SSSR count). The summed E-state index contributed by atoms with van der Waals surface area (Å²) in [4.78, 5) is 12.5. The lowest BCUT2D eigenvalue weighted by Gasteiger charge is -2.26. The fourth-order valence-corrected chi connectivity index (χ4v) is 1.69. The molecular formula is C12H17NO3. The maximum absolute atomic E-state index is 10.7. The monoisotopic (exact) mass is 223 g/mol. The van der Waals surface area contributed by atoms with Crippen molar-refractivity contribution < 1.29 is 15.0 Å². The van der Waals surface area contributed by atoms with Gasteiger partial charge in [-0.2, -0.15) is 0 Å². The van der Waals surface area contributed by atoms with Crippen molar-refractivity contribution in [2.45, 2.75) is 19.9 Å². The zero-order valence-electron chi connectivity index (χ0n) is 9.55. The molecule has 4 nitrogen and oxygen atoms in total. The van der Waals surface area contributed by atoms with Crippen molar-refractivity contribution in [3.05, 3.63) is 29.8 Å². The molecule has 0 aliphatic carbocycles. The smallest absolute Gasteiger partial charge is 0.317 e. The Balaban J connectivity index is 2.82. The van der Waals surface area contributed by atoms with Crippen molar-refractivity contribution in [1.29, 1.82) is 0 Å². The summed E-state index contributed by atoms with van der Waals surface area (Å²) in [5, 5.41) is 18.1. The van der Waals surface area contributed by atoms with Crippen LogP contribution in [0.1, 0.15) is 25.5 Å². The van der Waals surface area contributed by atoms with E-state index in [1.165, 1.54) is 0 Å². The number of hydrogen-bond donors (Lipinski definition) is 2. The van der Waals surface area contributed by atoms with Gasteiger partial charge in [0.25, 0.3) is 0 Å². The molecule has 1 atom stereocenters. The molecule has 4 heteroatoms. The molecule has 0 heterocycles. The van der Waals surface area contributed by atoms with Crippen LogP contribution in [0.3, 0.4) is 0 Å². The molecule has 0 saturated heterocycles.